The summed E-state index contributed by atoms with van der Waals surface area (Å²) < 4.78 is 0. The predicted molar refractivity (Wildman–Crippen MR) is 466 cm³/mol. The number of likely N-dealkylation sites (N-methyl/N-ethyl adjacent to an activating group) is 1. The van der Waals surface area contributed by atoms with Crippen LogP contribution in [-0.4, -0.2) is 241 Å². The molecule has 10 aliphatic rings. The molecule has 0 aromatic rings. The largest absolute Gasteiger partial charge is 0.359 e. The van der Waals surface area contributed by atoms with Crippen LogP contribution >= 0.6 is 0 Å². The summed E-state index contributed by atoms with van der Waals surface area (Å²) in [5.41, 5.74) is 7.61. The molecule has 21 N–H and O–H groups in total. The van der Waals surface area contributed by atoms with E-state index in [1.165, 1.54) is 7.05 Å². The summed E-state index contributed by atoms with van der Waals surface area (Å²) in [7, 11) is 6.86. The molecule has 0 aliphatic heterocycles. The lowest BCUT2D eigenvalue weighted by molar-refractivity contribution is -0.129. The number of nitrogens with one attached hydrogen (secondary N) is 19. The molecule has 0 aromatic carbocycles. The van der Waals surface area contributed by atoms with Crippen molar-refractivity contribution in [3.8, 4) is 0 Å². The summed E-state index contributed by atoms with van der Waals surface area (Å²) in [5, 5.41) is 55.7. The first-order valence-corrected chi connectivity index (χ1v) is 46.8. The maximum atomic E-state index is 14.7. The zero-order valence-electron chi connectivity index (χ0n) is 74.4. The van der Waals surface area contributed by atoms with E-state index < -0.39 is 89.1 Å². The van der Waals surface area contributed by atoms with Gasteiger partial charge in [0, 0.05) is 237 Å². The molecule has 0 radical (unpaired) electrons. The van der Waals surface area contributed by atoms with E-state index in [1.807, 2.05) is 14.1 Å². The molecule has 21 unspecified atom stereocenters. The lowest BCUT2D eigenvalue weighted by Gasteiger charge is -2.25. The van der Waals surface area contributed by atoms with Crippen molar-refractivity contribution in [2.24, 2.45) is 70.8 Å². The molecule has 704 valence electrons. The minimum Gasteiger partial charge on any atom is -0.359 e. The second-order valence-electron chi connectivity index (χ2n) is 37.1. The molecule has 38 heteroatoms. The van der Waals surface area contributed by atoms with Crippen LogP contribution in [0, 0.1) is 65.1 Å². The summed E-state index contributed by atoms with van der Waals surface area (Å²) in [6.45, 7) is 0.434. The lowest BCUT2D eigenvalue weighted by atomic mass is 9.81. The Morgan fingerprint density at radius 3 is 0.906 bits per heavy atom. The highest BCUT2D eigenvalue weighted by molar-refractivity contribution is 5.96. The molecule has 0 heterocycles. The number of rotatable bonds is 46. The monoisotopic (exact) mass is 1780 g/mol. The normalized spacial score (nSPS) is 28.9. The Morgan fingerprint density at radius 1 is 0.299 bits per heavy atom. The van der Waals surface area contributed by atoms with Crippen molar-refractivity contribution >= 4 is 106 Å². The smallest absolute Gasteiger partial charge is 0.247 e. The van der Waals surface area contributed by atoms with Crippen LogP contribution in [0.3, 0.4) is 0 Å². The zero-order valence-corrected chi connectivity index (χ0v) is 74.4. The average molecular weight is 1780 g/mol. The highest BCUT2D eigenvalue weighted by Gasteiger charge is 2.47. The fraction of sp³-hybridized carbons (Fsp3) is 0.753. The van der Waals surface area contributed by atoms with Gasteiger partial charge in [-0.1, -0.05) is 6.08 Å². The van der Waals surface area contributed by atoms with Crippen molar-refractivity contribution in [3.05, 3.63) is 23.4 Å². The minimum absolute atomic E-state index is 0.00135. The summed E-state index contributed by atoms with van der Waals surface area (Å²) in [4.78, 5) is 239. The quantitative estimate of drug-likeness (QED) is 0.0321. The van der Waals surface area contributed by atoms with Gasteiger partial charge in [-0.05, 0) is 199 Å². The number of carbonyl (C=O) groups is 18. The maximum absolute atomic E-state index is 14.7. The molecule has 9 fully saturated rings. The molecular formula is C89H140N20O18. The second kappa shape index (κ2) is 49.5. The standard InChI is InChI=1S/C89H140N20O18/c1-91-59-13-6-52(37-59)83(121)95-28-21-72(110)102-61-15-5-49(36-61)80(118)71(90)48-79(117)109-68-45-58(70(47-68)89(127)101-34-27-77(115)107-66-20-12-55(43-66)86(124)98-31-24-74(112)104-63-17-9-51(40-63)82(120)94-4)35-57-44-67(108-78(116)25-32-99-87(125)56-10-18-64(41-56)105-75(113)22-29-96-84(122)53-7-14-60(38-53)92-2)46-69(57)88(126)100-33-26-76(114)106-65-19-11-54(42-65)85(123)97-30-23-73(111)103-62-16-8-50(39-62)81(119)93-3/h9,17,49-50,52-62,64-71,91-92H,5-8,10-16,18-48,90H2,1-4H3,(H,93,119)(H,94,120)(H,95,121)(H,96,122)(H,97,123)(H,98,124)(H,99,125)(H,100,126)(H,101,127)(H,102,110)(H,103,111)(H,104,112)(H,105,113)(H,106,114)(H,107,115)(H,108,116)(H,109,117). The number of allylic oxidation sites excluding steroid dienone is 3. The molecule has 38 nitrogen and oxygen atoms in total. The highest BCUT2D eigenvalue weighted by Crippen LogP contribution is 2.44. The lowest BCUT2D eigenvalue weighted by Crippen LogP contribution is -2.43. The maximum Gasteiger partial charge on any atom is 0.247 e. The van der Waals surface area contributed by atoms with Crippen LogP contribution in [-0.2, 0) is 86.3 Å². The molecule has 10 rings (SSSR count). The third-order valence-corrected chi connectivity index (χ3v) is 28.0. The van der Waals surface area contributed by atoms with Crippen molar-refractivity contribution in [1.82, 2.24) is 101 Å². The van der Waals surface area contributed by atoms with Crippen LogP contribution in [0.5, 0.6) is 0 Å². The van der Waals surface area contributed by atoms with E-state index in [4.69, 9.17) is 5.73 Å². The van der Waals surface area contributed by atoms with E-state index in [-0.39, 0.29) is 272 Å². The Hall–Kier alpha value is -9.98. The number of amides is 17. The van der Waals surface area contributed by atoms with Gasteiger partial charge in [-0.15, -0.1) is 0 Å². The zero-order chi connectivity index (χ0) is 91.2. The van der Waals surface area contributed by atoms with Gasteiger partial charge in [0.15, 0.2) is 5.78 Å². The number of carbonyl (C=O) groups excluding carboxylic acids is 18. The van der Waals surface area contributed by atoms with E-state index in [9.17, 15) is 86.3 Å². The Kier molecular flexibility index (Phi) is 38.7. The molecule has 21 atom stereocenters. The van der Waals surface area contributed by atoms with E-state index in [0.717, 1.165) is 38.5 Å². The molecule has 17 amide bonds. The Balaban J connectivity index is 0.730. The van der Waals surface area contributed by atoms with Crippen LogP contribution in [0.1, 0.15) is 225 Å². The van der Waals surface area contributed by atoms with Gasteiger partial charge in [0.2, 0.25) is 100 Å². The highest BCUT2D eigenvalue weighted by atomic mass is 16.2. The minimum atomic E-state index is -1.19. The van der Waals surface area contributed by atoms with Gasteiger partial charge in [-0.3, -0.25) is 86.3 Å². The third kappa shape index (κ3) is 31.2. The van der Waals surface area contributed by atoms with Crippen LogP contribution < -0.4 is 107 Å². The molecule has 0 spiro atoms. The van der Waals surface area contributed by atoms with Crippen molar-refractivity contribution in [2.75, 3.05) is 74.0 Å². The average Bonchev–Trinajstić information content (AvgIpc) is 1.65. The molecule has 10 aliphatic carbocycles. The Bertz CT molecular complexity index is 4010. The first kappa shape index (κ1) is 99.2. The van der Waals surface area contributed by atoms with Gasteiger partial charge < -0.3 is 107 Å². The van der Waals surface area contributed by atoms with E-state index in [1.54, 1.807) is 19.2 Å². The van der Waals surface area contributed by atoms with E-state index in [2.05, 4.69) is 101 Å². The summed E-state index contributed by atoms with van der Waals surface area (Å²) in [5.74, 6) is -9.63. The molecule has 0 aromatic heterocycles. The van der Waals surface area contributed by atoms with Crippen molar-refractivity contribution in [3.63, 3.8) is 0 Å². The van der Waals surface area contributed by atoms with Gasteiger partial charge in [0.05, 0.1) is 6.04 Å². The van der Waals surface area contributed by atoms with Gasteiger partial charge in [0.25, 0.3) is 0 Å². The third-order valence-electron chi connectivity index (χ3n) is 28.0. The van der Waals surface area contributed by atoms with Gasteiger partial charge in [-0.2, -0.15) is 0 Å². The van der Waals surface area contributed by atoms with Crippen molar-refractivity contribution in [1.29, 1.82) is 0 Å². The van der Waals surface area contributed by atoms with Crippen LogP contribution in [0.4, 0.5) is 0 Å². The first-order valence-electron chi connectivity index (χ1n) is 46.8. The number of Topliss-reactive ketones (excluding diaryl/α,β-unsaturated/α-hetero) is 1. The summed E-state index contributed by atoms with van der Waals surface area (Å²) >= 11 is 0. The van der Waals surface area contributed by atoms with Crippen LogP contribution in [0.2, 0.25) is 0 Å². The van der Waals surface area contributed by atoms with Gasteiger partial charge >= 0.3 is 0 Å². The SMILES string of the molecule is CNC(=O)C1=CC=C(NC(=O)CCNC(=O)C2CCC(NC(=O)CCNC(=O)C3CC(NC(=O)CC(N)C(=O)C4CCC(NC(=O)CCNC(=O)C5CCC(NC)C5)C4)CC3CC3CC(NC(=O)CCNC(=O)C4CCC(NC(=O)CCNC(=O)C5CCC(NC)C5)C4)CC3C(=O)NCCC(=O)NC3CCC(C(=O)NCCC(=O)NC4CCC(C(=O)NC)C4)C3)C2)C1. The number of ketones is 1. The number of nitrogens with two attached hydrogens (primary N) is 1. The Morgan fingerprint density at radius 2 is 0.583 bits per heavy atom. The van der Waals surface area contributed by atoms with Crippen molar-refractivity contribution in [2.45, 2.75) is 285 Å². The molecule has 127 heavy (non-hydrogen) atoms. The molecule has 9 saturated carbocycles. The fourth-order valence-electron chi connectivity index (χ4n) is 20.9. The van der Waals surface area contributed by atoms with Crippen molar-refractivity contribution < 1.29 is 86.3 Å². The first-order chi connectivity index (χ1) is 61.0. The van der Waals surface area contributed by atoms with Crippen LogP contribution in [0.25, 0.3) is 0 Å². The fourth-order valence-corrected chi connectivity index (χ4v) is 20.9. The summed E-state index contributed by atoms with van der Waals surface area (Å²) in [6, 6.07) is -3.11. The van der Waals surface area contributed by atoms with Crippen LogP contribution in [0.15, 0.2) is 23.4 Å². The van der Waals surface area contributed by atoms with E-state index >= 15 is 0 Å². The number of hydrogen-bond donors (Lipinski definition) is 20. The molecular weight excluding hydrogens is 1640 g/mol. The topological polar surface area (TPSA) is 562 Å². The van der Waals surface area contributed by atoms with Gasteiger partial charge in [-0.25, -0.2) is 0 Å². The van der Waals surface area contributed by atoms with Gasteiger partial charge in [0.1, 0.15) is 0 Å². The Labute approximate surface area is 743 Å². The molecule has 0 bridgehead atoms. The summed E-state index contributed by atoms with van der Waals surface area (Å²) in [6.07, 6.45) is 16.5. The second-order valence-corrected chi connectivity index (χ2v) is 37.1. The van der Waals surface area contributed by atoms with E-state index in [0.29, 0.717) is 114 Å². The number of hydrogen-bond acceptors (Lipinski definition) is 21. The molecule has 0 saturated heterocycles. The predicted octanol–water partition coefficient (Wildman–Crippen LogP) is -1.75.